The van der Waals surface area contributed by atoms with Gasteiger partial charge in [0.1, 0.15) is 6.61 Å². The highest BCUT2D eigenvalue weighted by molar-refractivity contribution is 5.74. The molecule has 2 aliphatic heterocycles. The van der Waals surface area contributed by atoms with Crippen molar-refractivity contribution < 1.29 is 19.4 Å². The minimum Gasteiger partial charge on any atom is -0.481 e. The van der Waals surface area contributed by atoms with Gasteiger partial charge in [0.15, 0.2) is 0 Å². The molecule has 0 spiro atoms. The molecule has 2 heterocycles. The largest absolute Gasteiger partial charge is 0.481 e. The van der Waals surface area contributed by atoms with Crippen LogP contribution in [0.25, 0.3) is 0 Å². The van der Waals surface area contributed by atoms with E-state index in [-0.39, 0.29) is 25.2 Å². The fourth-order valence-electron chi connectivity index (χ4n) is 3.70. The van der Waals surface area contributed by atoms with Gasteiger partial charge in [0.25, 0.3) is 0 Å². The van der Waals surface area contributed by atoms with E-state index in [1.807, 2.05) is 30.3 Å². The first kappa shape index (κ1) is 13.9. The number of amides is 1. The van der Waals surface area contributed by atoms with Crippen molar-refractivity contribution in [2.45, 2.75) is 50.3 Å². The maximum atomic E-state index is 12.4. The third kappa shape index (κ3) is 2.60. The van der Waals surface area contributed by atoms with Crippen LogP contribution in [0.1, 0.15) is 37.7 Å². The van der Waals surface area contributed by atoms with E-state index >= 15 is 0 Å². The van der Waals surface area contributed by atoms with Crippen LogP contribution in [-0.4, -0.2) is 33.6 Å². The standard InChI is InChI=1S/C16H19NO4/c18-14(19)10-16-8-6-13(7-9-16)17(16)15(20)21-11-12-4-2-1-3-5-12/h1-5,13H,6-11H2,(H,18,19). The number of aliphatic carboxylic acids is 1. The Hall–Kier alpha value is -2.04. The number of carbonyl (C=O) groups is 2. The van der Waals surface area contributed by atoms with Gasteiger partial charge in [-0.2, -0.15) is 0 Å². The van der Waals surface area contributed by atoms with Gasteiger partial charge >= 0.3 is 12.1 Å². The lowest BCUT2D eigenvalue weighted by Crippen LogP contribution is -2.46. The summed E-state index contributed by atoms with van der Waals surface area (Å²) in [6, 6.07) is 9.65. The predicted molar refractivity (Wildman–Crippen MR) is 75.7 cm³/mol. The maximum absolute atomic E-state index is 12.4. The summed E-state index contributed by atoms with van der Waals surface area (Å²) in [5.74, 6) is -0.849. The zero-order chi connectivity index (χ0) is 14.9. The topological polar surface area (TPSA) is 66.8 Å². The van der Waals surface area contributed by atoms with Crippen molar-refractivity contribution in [3.63, 3.8) is 0 Å². The third-order valence-corrected chi connectivity index (χ3v) is 4.64. The molecule has 5 nitrogen and oxygen atoms in total. The molecule has 0 unspecified atom stereocenters. The molecule has 1 aromatic rings. The average Bonchev–Trinajstić information content (AvgIpc) is 2.99. The minimum atomic E-state index is -0.849. The Kier molecular flexibility index (Phi) is 3.57. The quantitative estimate of drug-likeness (QED) is 0.925. The van der Waals surface area contributed by atoms with E-state index in [1.165, 1.54) is 0 Å². The Bertz CT molecular complexity index is 534. The van der Waals surface area contributed by atoms with E-state index in [2.05, 4.69) is 0 Å². The molecule has 112 valence electrons. The summed E-state index contributed by atoms with van der Waals surface area (Å²) in [5.41, 5.74) is 0.411. The van der Waals surface area contributed by atoms with Gasteiger partial charge in [-0.15, -0.1) is 0 Å². The first-order valence-corrected chi connectivity index (χ1v) is 7.33. The fraction of sp³-hybridized carbons (Fsp3) is 0.500. The van der Waals surface area contributed by atoms with Gasteiger partial charge in [-0.25, -0.2) is 4.79 Å². The second-order valence-electron chi connectivity index (χ2n) is 5.94. The van der Waals surface area contributed by atoms with E-state index in [9.17, 15) is 9.59 Å². The normalized spacial score (nSPS) is 26.9. The predicted octanol–water partition coefficient (Wildman–Crippen LogP) is 2.79. The van der Waals surface area contributed by atoms with Crippen LogP contribution in [0.3, 0.4) is 0 Å². The van der Waals surface area contributed by atoms with Crippen LogP contribution in [0, 0.1) is 0 Å². The van der Waals surface area contributed by atoms with Crippen LogP contribution >= 0.6 is 0 Å². The molecule has 0 atom stereocenters. The van der Waals surface area contributed by atoms with Crippen molar-refractivity contribution in [2.24, 2.45) is 0 Å². The number of nitrogens with zero attached hydrogens (tertiary/aromatic N) is 1. The highest BCUT2D eigenvalue weighted by atomic mass is 16.6. The van der Waals surface area contributed by atoms with E-state index in [4.69, 9.17) is 9.84 Å². The van der Waals surface area contributed by atoms with Crippen molar-refractivity contribution >= 4 is 12.1 Å². The number of carboxylic acids is 1. The Labute approximate surface area is 123 Å². The van der Waals surface area contributed by atoms with Crippen LogP contribution in [-0.2, 0) is 16.1 Å². The number of hydrogen-bond acceptors (Lipinski definition) is 3. The van der Waals surface area contributed by atoms with Crippen molar-refractivity contribution in [3.8, 4) is 0 Å². The second kappa shape index (κ2) is 5.39. The lowest BCUT2D eigenvalue weighted by molar-refractivity contribution is -0.139. The highest BCUT2D eigenvalue weighted by Crippen LogP contribution is 2.48. The summed E-state index contributed by atoms with van der Waals surface area (Å²) in [4.78, 5) is 25.2. The van der Waals surface area contributed by atoms with E-state index < -0.39 is 11.5 Å². The number of ether oxygens (including phenoxy) is 1. The summed E-state index contributed by atoms with van der Waals surface area (Å²) in [7, 11) is 0. The number of benzene rings is 1. The van der Waals surface area contributed by atoms with Crippen molar-refractivity contribution in [3.05, 3.63) is 35.9 Å². The number of fused-ring (bicyclic) bond motifs is 2. The van der Waals surface area contributed by atoms with Crippen molar-refractivity contribution in [1.82, 2.24) is 4.90 Å². The number of hydrogen-bond donors (Lipinski definition) is 1. The number of carboxylic acid groups (broad SMARTS) is 1. The maximum Gasteiger partial charge on any atom is 0.410 e. The third-order valence-electron chi connectivity index (χ3n) is 4.64. The van der Waals surface area contributed by atoms with Gasteiger partial charge in [0.05, 0.1) is 12.0 Å². The highest BCUT2D eigenvalue weighted by Gasteiger charge is 2.55. The number of carbonyl (C=O) groups excluding carboxylic acids is 1. The SMILES string of the molecule is O=C(O)CC12CCC(CC1)N2C(=O)OCc1ccccc1. The van der Waals surface area contributed by atoms with Crippen LogP contribution < -0.4 is 0 Å². The molecule has 1 aromatic carbocycles. The molecule has 2 fully saturated rings. The fourth-order valence-corrected chi connectivity index (χ4v) is 3.70. The minimum absolute atomic E-state index is 0.0178. The Morgan fingerprint density at radius 3 is 2.52 bits per heavy atom. The molecule has 0 radical (unpaired) electrons. The van der Waals surface area contributed by atoms with Crippen LogP contribution in [0.5, 0.6) is 0 Å². The molecule has 0 aliphatic carbocycles. The molecular weight excluding hydrogens is 270 g/mol. The van der Waals surface area contributed by atoms with Crippen molar-refractivity contribution in [2.75, 3.05) is 0 Å². The summed E-state index contributed by atoms with van der Waals surface area (Å²) < 4.78 is 5.39. The van der Waals surface area contributed by atoms with Gasteiger partial charge in [-0.1, -0.05) is 30.3 Å². The van der Waals surface area contributed by atoms with Gasteiger partial charge in [-0.3, -0.25) is 9.69 Å². The molecule has 1 N–H and O–H groups in total. The Balaban J connectivity index is 1.67. The molecule has 1 amide bonds. The average molecular weight is 289 g/mol. The monoisotopic (exact) mass is 289 g/mol. The molecular formula is C16H19NO4. The van der Waals surface area contributed by atoms with Gasteiger partial charge in [0.2, 0.25) is 0 Å². The van der Waals surface area contributed by atoms with Gasteiger partial charge < -0.3 is 9.84 Å². The zero-order valence-electron chi connectivity index (χ0n) is 11.8. The van der Waals surface area contributed by atoms with E-state index in [0.717, 1.165) is 31.2 Å². The van der Waals surface area contributed by atoms with Gasteiger partial charge in [-0.05, 0) is 31.2 Å². The molecule has 21 heavy (non-hydrogen) atoms. The molecule has 5 heteroatoms. The summed E-state index contributed by atoms with van der Waals surface area (Å²) in [6.45, 7) is 0.228. The Morgan fingerprint density at radius 1 is 1.24 bits per heavy atom. The molecule has 2 aliphatic rings. The van der Waals surface area contributed by atoms with Crippen LogP contribution in [0.2, 0.25) is 0 Å². The van der Waals surface area contributed by atoms with E-state index in [1.54, 1.807) is 4.90 Å². The van der Waals surface area contributed by atoms with Crippen LogP contribution in [0.15, 0.2) is 30.3 Å². The zero-order valence-corrected chi connectivity index (χ0v) is 11.8. The molecule has 0 saturated carbocycles. The summed E-state index contributed by atoms with van der Waals surface area (Å²) in [6.07, 6.45) is 2.94. The lowest BCUT2D eigenvalue weighted by atomic mass is 9.85. The lowest BCUT2D eigenvalue weighted by Gasteiger charge is -2.32. The summed E-state index contributed by atoms with van der Waals surface area (Å²) in [5, 5.41) is 9.12. The van der Waals surface area contributed by atoms with E-state index in [0.29, 0.717) is 0 Å². The smallest absolute Gasteiger partial charge is 0.410 e. The molecule has 3 rings (SSSR count). The Morgan fingerprint density at radius 2 is 1.90 bits per heavy atom. The van der Waals surface area contributed by atoms with Crippen LogP contribution in [0.4, 0.5) is 4.79 Å². The first-order chi connectivity index (χ1) is 10.1. The van der Waals surface area contributed by atoms with Gasteiger partial charge in [0, 0.05) is 6.04 Å². The number of rotatable bonds is 4. The molecule has 2 bridgehead atoms. The molecule has 0 aromatic heterocycles. The second-order valence-corrected chi connectivity index (χ2v) is 5.94. The molecule has 2 saturated heterocycles. The summed E-state index contributed by atoms with van der Waals surface area (Å²) >= 11 is 0. The van der Waals surface area contributed by atoms with Crippen molar-refractivity contribution in [1.29, 1.82) is 0 Å². The first-order valence-electron chi connectivity index (χ1n) is 7.33.